The van der Waals surface area contributed by atoms with Gasteiger partial charge in [-0.15, -0.1) is 0 Å². The van der Waals surface area contributed by atoms with Gasteiger partial charge < -0.3 is 9.84 Å². The standard InChI is InChI=1S/C15H16FNO5S/c16-11-6-9(13(18)19)2-3-12(11)23(20,21)17-15-7-10(15)8-22-14(15)4-1-5-14/h2-3,6,10,17H,1,4-5,7-8H2,(H,18,19)/t10-,15+/m0/s1. The Morgan fingerprint density at radius 1 is 1.39 bits per heavy atom. The Balaban J connectivity index is 1.66. The Labute approximate surface area is 132 Å². The van der Waals surface area contributed by atoms with Crippen LogP contribution in [0.1, 0.15) is 36.0 Å². The fourth-order valence-corrected chi connectivity index (χ4v) is 5.52. The average molecular weight is 341 g/mol. The summed E-state index contributed by atoms with van der Waals surface area (Å²) < 4.78 is 47.8. The average Bonchev–Trinajstić information content (AvgIpc) is 3.01. The normalized spacial score (nSPS) is 30.7. The molecule has 1 heterocycles. The molecule has 8 heteroatoms. The van der Waals surface area contributed by atoms with Crippen molar-refractivity contribution >= 4 is 16.0 Å². The topological polar surface area (TPSA) is 92.7 Å². The van der Waals surface area contributed by atoms with Crippen LogP contribution in [-0.2, 0) is 14.8 Å². The molecule has 4 rings (SSSR count). The third kappa shape index (κ3) is 1.98. The first-order chi connectivity index (χ1) is 10.8. The minimum Gasteiger partial charge on any atom is -0.478 e. The van der Waals surface area contributed by atoms with E-state index in [2.05, 4.69) is 4.72 Å². The highest BCUT2D eigenvalue weighted by Gasteiger charge is 2.74. The molecule has 0 radical (unpaired) electrons. The Morgan fingerprint density at radius 2 is 2.13 bits per heavy atom. The Bertz CT molecular complexity index is 804. The molecule has 2 N–H and O–H groups in total. The molecular formula is C15H16FNO5S. The highest BCUT2D eigenvalue weighted by molar-refractivity contribution is 7.89. The van der Waals surface area contributed by atoms with Gasteiger partial charge >= 0.3 is 5.97 Å². The lowest BCUT2D eigenvalue weighted by atomic mass is 9.73. The second kappa shape index (κ2) is 4.52. The molecule has 124 valence electrons. The number of fused-ring (bicyclic) bond motifs is 2. The number of hydrogen-bond acceptors (Lipinski definition) is 4. The quantitative estimate of drug-likeness (QED) is 0.866. The predicted molar refractivity (Wildman–Crippen MR) is 77.1 cm³/mol. The van der Waals surface area contributed by atoms with Crippen LogP contribution in [0.15, 0.2) is 23.1 Å². The molecule has 0 bridgehead atoms. The van der Waals surface area contributed by atoms with E-state index in [0.717, 1.165) is 37.5 Å². The van der Waals surface area contributed by atoms with Crippen molar-refractivity contribution in [2.24, 2.45) is 5.92 Å². The zero-order valence-corrected chi connectivity index (χ0v) is 13.0. The maximum atomic E-state index is 14.1. The molecule has 1 aromatic carbocycles. The third-order valence-electron chi connectivity index (χ3n) is 5.43. The number of halogens is 1. The summed E-state index contributed by atoms with van der Waals surface area (Å²) in [6.45, 7) is 0.531. The Morgan fingerprint density at radius 3 is 2.65 bits per heavy atom. The second-order valence-electron chi connectivity index (χ2n) is 6.59. The van der Waals surface area contributed by atoms with Crippen LogP contribution in [0, 0.1) is 11.7 Å². The van der Waals surface area contributed by atoms with Crippen LogP contribution in [0.25, 0.3) is 0 Å². The van der Waals surface area contributed by atoms with Crippen LogP contribution in [0.5, 0.6) is 0 Å². The van der Waals surface area contributed by atoms with Gasteiger partial charge in [-0.2, -0.15) is 0 Å². The maximum absolute atomic E-state index is 14.1. The van der Waals surface area contributed by atoms with Gasteiger partial charge in [0.25, 0.3) is 0 Å². The highest BCUT2D eigenvalue weighted by Crippen LogP contribution is 2.65. The molecule has 0 aromatic heterocycles. The SMILES string of the molecule is O=C(O)c1ccc(S(=O)(=O)N[C@]23C[C@H]2COC32CCC2)c(F)c1. The summed E-state index contributed by atoms with van der Waals surface area (Å²) in [7, 11) is -4.08. The van der Waals surface area contributed by atoms with Crippen LogP contribution in [0.2, 0.25) is 0 Å². The van der Waals surface area contributed by atoms with E-state index in [9.17, 15) is 17.6 Å². The largest absolute Gasteiger partial charge is 0.478 e. The van der Waals surface area contributed by atoms with Gasteiger partial charge in [-0.3, -0.25) is 0 Å². The summed E-state index contributed by atoms with van der Waals surface area (Å²) in [5.74, 6) is -2.23. The van der Waals surface area contributed by atoms with E-state index in [4.69, 9.17) is 9.84 Å². The highest BCUT2D eigenvalue weighted by atomic mass is 32.2. The number of benzene rings is 1. The molecule has 2 atom stereocenters. The first-order valence-corrected chi connectivity index (χ1v) is 8.99. The molecular weight excluding hydrogens is 325 g/mol. The van der Waals surface area contributed by atoms with Crippen molar-refractivity contribution in [1.82, 2.24) is 4.72 Å². The number of nitrogens with one attached hydrogen (secondary N) is 1. The molecule has 23 heavy (non-hydrogen) atoms. The number of carboxylic acid groups (broad SMARTS) is 1. The molecule has 0 amide bonds. The molecule has 1 aromatic rings. The van der Waals surface area contributed by atoms with E-state index < -0.39 is 37.8 Å². The lowest BCUT2D eigenvalue weighted by Crippen LogP contribution is -2.58. The monoisotopic (exact) mass is 341 g/mol. The Kier molecular flexibility index (Phi) is 2.96. The molecule has 2 saturated carbocycles. The summed E-state index contributed by atoms with van der Waals surface area (Å²) in [5.41, 5.74) is -1.35. The number of aromatic carboxylic acids is 1. The summed E-state index contributed by atoms with van der Waals surface area (Å²) >= 11 is 0. The summed E-state index contributed by atoms with van der Waals surface area (Å²) in [5, 5.41) is 8.84. The van der Waals surface area contributed by atoms with Crippen LogP contribution in [0.3, 0.4) is 0 Å². The van der Waals surface area contributed by atoms with E-state index in [0.29, 0.717) is 13.0 Å². The van der Waals surface area contributed by atoms with Gasteiger partial charge in [-0.25, -0.2) is 22.3 Å². The molecule has 3 fully saturated rings. The summed E-state index contributed by atoms with van der Waals surface area (Å²) in [4.78, 5) is 10.3. The molecule has 2 aliphatic carbocycles. The molecule has 3 aliphatic rings. The number of rotatable bonds is 4. The lowest BCUT2D eigenvalue weighted by molar-refractivity contribution is -0.0917. The Hall–Kier alpha value is -1.51. The van der Waals surface area contributed by atoms with Crippen molar-refractivity contribution in [3.63, 3.8) is 0 Å². The van der Waals surface area contributed by atoms with E-state index in [1.165, 1.54) is 0 Å². The van der Waals surface area contributed by atoms with E-state index >= 15 is 0 Å². The minimum atomic E-state index is -4.08. The van der Waals surface area contributed by atoms with E-state index in [-0.39, 0.29) is 11.5 Å². The van der Waals surface area contributed by atoms with E-state index in [1.54, 1.807) is 0 Å². The van der Waals surface area contributed by atoms with Gasteiger partial charge in [0.15, 0.2) is 0 Å². The number of sulfonamides is 1. The van der Waals surface area contributed by atoms with Gasteiger partial charge in [0.1, 0.15) is 10.7 Å². The van der Waals surface area contributed by atoms with Crippen molar-refractivity contribution in [1.29, 1.82) is 0 Å². The van der Waals surface area contributed by atoms with Crippen LogP contribution in [0.4, 0.5) is 4.39 Å². The first-order valence-electron chi connectivity index (χ1n) is 7.50. The van der Waals surface area contributed by atoms with Crippen molar-refractivity contribution in [3.8, 4) is 0 Å². The number of ether oxygens (including phenoxy) is 1. The molecule has 1 spiro atoms. The predicted octanol–water partition coefficient (Wildman–Crippen LogP) is 1.51. The number of carboxylic acids is 1. The molecule has 1 saturated heterocycles. The number of carbonyl (C=O) groups is 1. The zero-order chi connectivity index (χ0) is 16.5. The van der Waals surface area contributed by atoms with Crippen molar-refractivity contribution in [3.05, 3.63) is 29.6 Å². The van der Waals surface area contributed by atoms with Gasteiger partial charge in [-0.1, -0.05) is 0 Å². The second-order valence-corrected chi connectivity index (χ2v) is 8.24. The molecule has 0 unspecified atom stereocenters. The number of hydrogen-bond donors (Lipinski definition) is 2. The first kappa shape index (κ1) is 15.0. The maximum Gasteiger partial charge on any atom is 0.335 e. The molecule has 6 nitrogen and oxygen atoms in total. The van der Waals surface area contributed by atoms with E-state index in [1.807, 2.05) is 0 Å². The van der Waals surface area contributed by atoms with Crippen molar-refractivity contribution in [2.45, 2.75) is 41.7 Å². The fraction of sp³-hybridized carbons (Fsp3) is 0.533. The van der Waals surface area contributed by atoms with Gasteiger partial charge in [0.05, 0.1) is 23.3 Å². The van der Waals surface area contributed by atoms with Gasteiger partial charge in [0, 0.05) is 5.92 Å². The van der Waals surface area contributed by atoms with Gasteiger partial charge in [-0.05, 0) is 43.9 Å². The van der Waals surface area contributed by atoms with Gasteiger partial charge in [0.2, 0.25) is 10.0 Å². The smallest absolute Gasteiger partial charge is 0.335 e. The van der Waals surface area contributed by atoms with Crippen LogP contribution >= 0.6 is 0 Å². The lowest BCUT2D eigenvalue weighted by Gasteiger charge is -2.45. The summed E-state index contributed by atoms with van der Waals surface area (Å²) in [6.07, 6.45) is 3.33. The zero-order valence-electron chi connectivity index (χ0n) is 12.2. The third-order valence-corrected chi connectivity index (χ3v) is 6.97. The van der Waals surface area contributed by atoms with Crippen molar-refractivity contribution < 1.29 is 27.4 Å². The molecule has 1 aliphatic heterocycles. The minimum absolute atomic E-state index is 0.138. The summed E-state index contributed by atoms with van der Waals surface area (Å²) in [6, 6.07) is 2.81. The fourth-order valence-electron chi connectivity index (χ4n) is 3.93. The van der Waals surface area contributed by atoms with Crippen LogP contribution in [-0.4, -0.2) is 37.2 Å². The van der Waals surface area contributed by atoms with Crippen LogP contribution < -0.4 is 4.72 Å². The van der Waals surface area contributed by atoms with Crippen molar-refractivity contribution in [2.75, 3.05) is 6.61 Å².